The first-order valence-electron chi connectivity index (χ1n) is 11.9. The van der Waals surface area contributed by atoms with Gasteiger partial charge in [-0.1, -0.05) is 0 Å². The lowest BCUT2D eigenvalue weighted by Crippen LogP contribution is -2.35. The molecular formula is C28H24ClFN4O6. The molecule has 10 nitrogen and oxygen atoms in total. The Kier molecular flexibility index (Phi) is 8.17. The zero-order valence-corrected chi connectivity index (χ0v) is 21.9. The van der Waals surface area contributed by atoms with E-state index in [9.17, 15) is 18.8 Å². The van der Waals surface area contributed by atoms with E-state index in [1.54, 1.807) is 48.1 Å². The molecule has 0 aliphatic heterocycles. The predicted octanol–water partition coefficient (Wildman–Crippen LogP) is 5.07. The number of aromatic nitrogens is 1. The summed E-state index contributed by atoms with van der Waals surface area (Å²) >= 11 is 0. The Labute approximate surface area is 233 Å². The summed E-state index contributed by atoms with van der Waals surface area (Å²) in [4.78, 5) is 42.1. The number of benzene rings is 3. The second kappa shape index (κ2) is 11.6. The molecule has 3 aromatic carbocycles. The Morgan fingerprint density at radius 3 is 2.05 bits per heavy atom. The molecule has 1 saturated carbocycles. The number of halogens is 2. The van der Waals surface area contributed by atoms with Crippen molar-refractivity contribution in [2.75, 3.05) is 17.7 Å². The summed E-state index contributed by atoms with van der Waals surface area (Å²) < 4.78 is 24.4. The van der Waals surface area contributed by atoms with Gasteiger partial charge in [0.2, 0.25) is 11.8 Å². The molecule has 1 fully saturated rings. The summed E-state index contributed by atoms with van der Waals surface area (Å²) in [6.45, 7) is 0. The summed E-state index contributed by atoms with van der Waals surface area (Å²) in [6, 6.07) is 16.6. The van der Waals surface area contributed by atoms with Gasteiger partial charge in [0.15, 0.2) is 0 Å². The van der Waals surface area contributed by atoms with Gasteiger partial charge in [-0.05, 0) is 73.5 Å². The van der Waals surface area contributed by atoms with E-state index in [0.717, 1.165) is 0 Å². The molecule has 0 unspecified atom stereocenters. The van der Waals surface area contributed by atoms with Gasteiger partial charge < -0.3 is 20.1 Å². The molecule has 0 bridgehead atoms. The monoisotopic (exact) mass is 566 g/mol. The number of carbonyl (C=O) groups is 3. The summed E-state index contributed by atoms with van der Waals surface area (Å²) in [7, 11) is 1.40. The Balaban J connectivity index is 0.00000370. The third-order valence-corrected chi connectivity index (χ3v) is 6.43. The van der Waals surface area contributed by atoms with Crippen molar-refractivity contribution in [2.24, 2.45) is 5.41 Å². The molecule has 3 amide bonds. The number of hydrogen-bond donors (Lipinski definition) is 4. The van der Waals surface area contributed by atoms with Gasteiger partial charge in [-0.15, -0.1) is 12.4 Å². The highest BCUT2D eigenvalue weighted by molar-refractivity contribution is 6.16. The topological polar surface area (TPSA) is 139 Å². The Morgan fingerprint density at radius 1 is 0.900 bits per heavy atom. The van der Waals surface area contributed by atoms with Crippen LogP contribution in [0.4, 0.5) is 15.8 Å². The number of fused-ring (bicyclic) bond motifs is 1. The fourth-order valence-electron chi connectivity index (χ4n) is 4.09. The maximum atomic E-state index is 13.1. The van der Waals surface area contributed by atoms with Crippen molar-refractivity contribution in [3.8, 4) is 17.2 Å². The van der Waals surface area contributed by atoms with Gasteiger partial charge in [0.05, 0.1) is 18.2 Å². The van der Waals surface area contributed by atoms with Crippen LogP contribution in [0.3, 0.4) is 0 Å². The Bertz CT molecular complexity index is 1580. The van der Waals surface area contributed by atoms with Crippen LogP contribution in [0.5, 0.6) is 17.2 Å². The van der Waals surface area contributed by atoms with E-state index in [4.69, 9.17) is 14.7 Å². The molecule has 5 rings (SSSR count). The van der Waals surface area contributed by atoms with E-state index in [1.807, 2.05) is 0 Å². The van der Waals surface area contributed by atoms with E-state index in [0.29, 0.717) is 46.6 Å². The summed E-state index contributed by atoms with van der Waals surface area (Å²) in [6.07, 6.45) is 2.36. The summed E-state index contributed by atoms with van der Waals surface area (Å²) in [5, 5.41) is 15.0. The molecule has 40 heavy (non-hydrogen) atoms. The van der Waals surface area contributed by atoms with Crippen LogP contribution in [-0.2, 0) is 9.59 Å². The molecule has 1 heterocycles. The van der Waals surface area contributed by atoms with Gasteiger partial charge in [-0.25, -0.2) is 9.87 Å². The number of hydroxylamine groups is 1. The largest absolute Gasteiger partial charge is 0.496 e. The lowest BCUT2D eigenvalue weighted by molar-refractivity contribution is -0.131. The van der Waals surface area contributed by atoms with Crippen molar-refractivity contribution in [1.29, 1.82) is 0 Å². The molecule has 12 heteroatoms. The highest BCUT2D eigenvalue weighted by atomic mass is 35.5. The zero-order chi connectivity index (χ0) is 27.6. The zero-order valence-electron chi connectivity index (χ0n) is 21.1. The third kappa shape index (κ3) is 5.65. The number of methoxy groups -OCH3 is 1. The smallest absolute Gasteiger partial charge is 0.278 e. The SMILES string of the molecule is COc1cc2nccc(Oc3ccc(NC(=O)C4(C(=O)Nc5ccc(F)cc5)CC4)cc3)c2cc1C(=O)NO.Cl. The molecule has 1 aliphatic carbocycles. The average Bonchev–Trinajstić information content (AvgIpc) is 3.77. The third-order valence-electron chi connectivity index (χ3n) is 6.43. The van der Waals surface area contributed by atoms with E-state index in [-0.39, 0.29) is 23.7 Å². The maximum absolute atomic E-state index is 13.1. The number of pyridine rings is 1. The number of nitrogens with one attached hydrogen (secondary N) is 3. The van der Waals surface area contributed by atoms with Crippen molar-refractivity contribution in [2.45, 2.75) is 12.8 Å². The first-order chi connectivity index (χ1) is 18.8. The van der Waals surface area contributed by atoms with E-state index < -0.39 is 29.0 Å². The summed E-state index contributed by atoms with van der Waals surface area (Å²) in [5.74, 6) is -0.959. The number of amides is 3. The van der Waals surface area contributed by atoms with Crippen LogP contribution in [0.2, 0.25) is 0 Å². The van der Waals surface area contributed by atoms with Gasteiger partial charge in [-0.3, -0.25) is 24.6 Å². The molecular weight excluding hydrogens is 543 g/mol. The van der Waals surface area contributed by atoms with Gasteiger partial charge in [0, 0.05) is 29.0 Å². The second-order valence-electron chi connectivity index (χ2n) is 8.94. The lowest BCUT2D eigenvalue weighted by Gasteiger charge is -2.16. The number of rotatable bonds is 8. The minimum absolute atomic E-state index is 0. The van der Waals surface area contributed by atoms with Crippen LogP contribution in [0.1, 0.15) is 23.2 Å². The van der Waals surface area contributed by atoms with Crippen molar-refractivity contribution in [1.82, 2.24) is 10.5 Å². The molecule has 0 radical (unpaired) electrons. The van der Waals surface area contributed by atoms with Crippen LogP contribution >= 0.6 is 12.4 Å². The first-order valence-corrected chi connectivity index (χ1v) is 11.9. The fraction of sp³-hybridized carbons (Fsp3) is 0.143. The molecule has 1 aliphatic rings. The molecule has 0 atom stereocenters. The normalized spacial score (nSPS) is 13.0. The minimum Gasteiger partial charge on any atom is -0.496 e. The van der Waals surface area contributed by atoms with E-state index in [1.165, 1.54) is 37.4 Å². The van der Waals surface area contributed by atoms with Crippen LogP contribution in [-0.4, -0.2) is 35.0 Å². The highest BCUT2D eigenvalue weighted by Gasteiger charge is 2.56. The Morgan fingerprint density at radius 2 is 1.50 bits per heavy atom. The molecule has 0 spiro atoms. The molecule has 1 aromatic heterocycles. The van der Waals surface area contributed by atoms with Gasteiger partial charge in [0.25, 0.3) is 5.91 Å². The van der Waals surface area contributed by atoms with Crippen molar-refractivity contribution >= 4 is 52.4 Å². The minimum atomic E-state index is -1.18. The standard InChI is InChI=1S/C28H23FN4O6.ClH/c1-38-24-15-22-20(14-21(24)25(34)33-37)23(10-13-30-22)39-19-8-6-18(7-9-19)32-27(36)28(11-12-28)26(35)31-17-4-2-16(29)3-5-17;/h2-10,13-15,37H,11-12H2,1H3,(H,31,35)(H,32,36)(H,33,34);1H. The van der Waals surface area contributed by atoms with Crippen LogP contribution in [0.25, 0.3) is 10.9 Å². The second-order valence-corrected chi connectivity index (χ2v) is 8.94. The molecule has 0 saturated heterocycles. The quantitative estimate of drug-likeness (QED) is 0.133. The summed E-state index contributed by atoms with van der Waals surface area (Å²) in [5.41, 5.74) is 1.90. The number of anilines is 2. The Hall–Kier alpha value is -4.74. The van der Waals surface area contributed by atoms with Crippen LogP contribution in [0, 0.1) is 11.2 Å². The fourth-order valence-corrected chi connectivity index (χ4v) is 4.09. The number of hydrogen-bond acceptors (Lipinski definition) is 7. The van der Waals surface area contributed by atoms with Crippen molar-refractivity contribution in [3.63, 3.8) is 0 Å². The molecule has 4 aromatic rings. The molecule has 4 N–H and O–H groups in total. The lowest BCUT2D eigenvalue weighted by atomic mass is 10.0. The van der Waals surface area contributed by atoms with E-state index in [2.05, 4.69) is 15.6 Å². The van der Waals surface area contributed by atoms with Crippen molar-refractivity contribution < 1.29 is 33.5 Å². The predicted molar refractivity (Wildman–Crippen MR) is 147 cm³/mol. The highest BCUT2D eigenvalue weighted by Crippen LogP contribution is 2.47. The maximum Gasteiger partial charge on any atom is 0.278 e. The van der Waals surface area contributed by atoms with Gasteiger partial charge in [0.1, 0.15) is 28.5 Å². The number of carbonyl (C=O) groups excluding carboxylic acids is 3. The van der Waals surface area contributed by atoms with Crippen LogP contribution in [0.15, 0.2) is 72.9 Å². The van der Waals surface area contributed by atoms with Gasteiger partial charge in [-0.2, -0.15) is 0 Å². The van der Waals surface area contributed by atoms with Gasteiger partial charge >= 0.3 is 0 Å². The van der Waals surface area contributed by atoms with Crippen LogP contribution < -0.4 is 25.6 Å². The van der Waals surface area contributed by atoms with Crippen molar-refractivity contribution in [3.05, 3.63) is 84.3 Å². The first kappa shape index (κ1) is 28.3. The number of ether oxygens (including phenoxy) is 2. The average molecular weight is 567 g/mol. The van der Waals surface area contributed by atoms with E-state index >= 15 is 0 Å². The number of nitrogens with zero attached hydrogens (tertiary/aromatic N) is 1. The molecule has 206 valence electrons.